The number of nitrogens with one attached hydrogen (secondary N) is 2. The summed E-state index contributed by atoms with van der Waals surface area (Å²) in [5.74, 6) is 1.18. The fraction of sp³-hybridized carbons (Fsp3) is 0.632. The zero-order valence-corrected chi connectivity index (χ0v) is 16.8. The van der Waals surface area contributed by atoms with Crippen molar-refractivity contribution >= 4 is 27.5 Å². The van der Waals surface area contributed by atoms with Crippen LogP contribution in [0.4, 0.5) is 0 Å². The molecule has 1 amide bonds. The van der Waals surface area contributed by atoms with Crippen molar-refractivity contribution < 1.29 is 4.79 Å². The first-order valence-electron chi connectivity index (χ1n) is 9.36. The number of carbonyl (C=O) groups is 1. The van der Waals surface area contributed by atoms with Gasteiger partial charge in [0.1, 0.15) is 10.7 Å². The van der Waals surface area contributed by atoms with Crippen molar-refractivity contribution in [2.75, 3.05) is 13.6 Å². The first-order chi connectivity index (χ1) is 12.4. The molecule has 26 heavy (non-hydrogen) atoms. The Morgan fingerprint density at radius 1 is 1.46 bits per heavy atom. The molecule has 6 nitrogen and oxygen atoms in total. The Balaban J connectivity index is 1.75. The maximum Gasteiger partial charge on any atom is 0.259 e. The molecule has 0 spiro atoms. The molecule has 0 saturated heterocycles. The van der Waals surface area contributed by atoms with Gasteiger partial charge >= 0.3 is 0 Å². The fourth-order valence-corrected chi connectivity index (χ4v) is 4.16. The lowest BCUT2D eigenvalue weighted by atomic mass is 9.98. The second kappa shape index (κ2) is 7.88. The molecule has 0 bridgehead atoms. The molecule has 1 fully saturated rings. The van der Waals surface area contributed by atoms with E-state index in [9.17, 15) is 9.59 Å². The molecule has 0 aliphatic heterocycles. The maximum absolute atomic E-state index is 12.7. The summed E-state index contributed by atoms with van der Waals surface area (Å²) in [5.41, 5.74) is 1.07. The van der Waals surface area contributed by atoms with Crippen molar-refractivity contribution in [2.45, 2.75) is 59.0 Å². The van der Waals surface area contributed by atoms with E-state index in [1.54, 1.807) is 11.3 Å². The molecule has 2 N–H and O–H groups in total. The zero-order valence-electron chi connectivity index (χ0n) is 16.0. The smallest absolute Gasteiger partial charge is 0.259 e. The molecule has 0 aromatic carbocycles. The highest BCUT2D eigenvalue weighted by atomic mass is 32.1. The van der Waals surface area contributed by atoms with Crippen molar-refractivity contribution in [3.63, 3.8) is 0 Å². The van der Waals surface area contributed by atoms with Crippen LogP contribution in [0.1, 0.15) is 49.4 Å². The number of hydrogen-bond donors (Lipinski definition) is 2. The van der Waals surface area contributed by atoms with Crippen LogP contribution in [-0.2, 0) is 17.8 Å². The summed E-state index contributed by atoms with van der Waals surface area (Å²) in [6.45, 7) is 7.20. The number of aromatic nitrogens is 2. The molecular formula is C19H28N4O2S. The van der Waals surface area contributed by atoms with Crippen LogP contribution in [0.25, 0.3) is 10.2 Å². The summed E-state index contributed by atoms with van der Waals surface area (Å²) < 4.78 is 0. The third kappa shape index (κ3) is 4.51. The quantitative estimate of drug-likeness (QED) is 0.742. The van der Waals surface area contributed by atoms with Gasteiger partial charge in [0.15, 0.2) is 0 Å². The van der Waals surface area contributed by atoms with E-state index in [0.717, 1.165) is 41.5 Å². The Kier molecular flexibility index (Phi) is 5.77. The molecule has 2 aromatic rings. The molecule has 2 heterocycles. The predicted molar refractivity (Wildman–Crippen MR) is 106 cm³/mol. The molecule has 0 radical (unpaired) electrons. The van der Waals surface area contributed by atoms with Gasteiger partial charge in [-0.25, -0.2) is 4.98 Å². The van der Waals surface area contributed by atoms with Crippen LogP contribution in [0, 0.1) is 12.8 Å². The van der Waals surface area contributed by atoms with Crippen LogP contribution >= 0.6 is 11.3 Å². The highest BCUT2D eigenvalue weighted by molar-refractivity contribution is 7.18. The third-order valence-electron chi connectivity index (χ3n) is 4.94. The molecule has 7 heteroatoms. The standard InChI is InChI=1S/C19H28N4O2S/c1-5-11(2)8-14-12(3)26-19-17(14)18(25)21-15(22-19)9-23(4)10-16(24)20-13-6-7-13/h11,13H,5-10H2,1-4H3,(H,20,24)(H,21,22,25)/t11-/m0/s1. The van der Waals surface area contributed by atoms with Gasteiger partial charge in [0.25, 0.3) is 5.56 Å². The Morgan fingerprint density at radius 2 is 2.19 bits per heavy atom. The van der Waals surface area contributed by atoms with Crippen LogP contribution in [0.15, 0.2) is 4.79 Å². The lowest BCUT2D eigenvalue weighted by molar-refractivity contribution is -0.122. The van der Waals surface area contributed by atoms with Crippen molar-refractivity contribution in [1.29, 1.82) is 0 Å². The van der Waals surface area contributed by atoms with Crippen molar-refractivity contribution in [3.05, 3.63) is 26.6 Å². The van der Waals surface area contributed by atoms with Gasteiger partial charge in [-0.2, -0.15) is 0 Å². The second-order valence-corrected chi connectivity index (χ2v) is 8.76. The van der Waals surface area contributed by atoms with Crippen LogP contribution in [-0.4, -0.2) is 40.4 Å². The number of H-pyrrole nitrogens is 1. The molecular weight excluding hydrogens is 348 g/mol. The predicted octanol–water partition coefficient (Wildman–Crippen LogP) is 2.59. The maximum atomic E-state index is 12.7. The lowest BCUT2D eigenvalue weighted by Crippen LogP contribution is -2.36. The van der Waals surface area contributed by atoms with Gasteiger partial charge < -0.3 is 10.3 Å². The first-order valence-corrected chi connectivity index (χ1v) is 10.2. The normalized spacial score (nSPS) is 15.6. The van der Waals surface area contributed by atoms with Gasteiger partial charge in [0.05, 0.1) is 18.5 Å². The molecule has 1 aliphatic carbocycles. The Labute approximate surface area is 158 Å². The van der Waals surface area contributed by atoms with Crippen LogP contribution in [0.3, 0.4) is 0 Å². The lowest BCUT2D eigenvalue weighted by Gasteiger charge is -2.15. The van der Waals surface area contributed by atoms with Gasteiger partial charge in [0, 0.05) is 10.9 Å². The number of likely N-dealkylation sites (N-methyl/N-ethyl adjacent to an activating group) is 1. The molecule has 1 saturated carbocycles. The number of hydrogen-bond acceptors (Lipinski definition) is 5. The first kappa shape index (κ1) is 19.0. The van der Waals surface area contributed by atoms with E-state index < -0.39 is 0 Å². The van der Waals surface area contributed by atoms with E-state index in [1.165, 1.54) is 4.88 Å². The molecule has 0 unspecified atom stereocenters. The van der Waals surface area contributed by atoms with Crippen molar-refractivity contribution in [1.82, 2.24) is 20.2 Å². The molecule has 1 aliphatic rings. The molecule has 1 atom stereocenters. The number of carbonyl (C=O) groups excluding carboxylic acids is 1. The van der Waals surface area contributed by atoms with Gasteiger partial charge in [-0.3, -0.25) is 14.5 Å². The topological polar surface area (TPSA) is 78.1 Å². The summed E-state index contributed by atoms with van der Waals surface area (Å²) in [6.07, 6.45) is 4.16. The fourth-order valence-electron chi connectivity index (χ4n) is 3.09. The number of fused-ring (bicyclic) bond motifs is 1. The number of thiophene rings is 1. The van der Waals surface area contributed by atoms with Gasteiger partial charge in [-0.05, 0) is 44.7 Å². The van der Waals surface area contributed by atoms with Gasteiger partial charge in [-0.1, -0.05) is 20.3 Å². The minimum atomic E-state index is -0.0662. The van der Waals surface area contributed by atoms with Crippen LogP contribution in [0.5, 0.6) is 0 Å². The van der Waals surface area contributed by atoms with E-state index >= 15 is 0 Å². The molecule has 3 rings (SSSR count). The number of amides is 1. The summed E-state index contributed by atoms with van der Waals surface area (Å²) in [6, 6.07) is 0.364. The number of nitrogens with zero attached hydrogens (tertiary/aromatic N) is 2. The largest absolute Gasteiger partial charge is 0.352 e. The third-order valence-corrected chi connectivity index (χ3v) is 5.98. The van der Waals surface area contributed by atoms with E-state index in [0.29, 0.717) is 30.9 Å². The SMILES string of the molecule is CC[C@H](C)Cc1c(C)sc2nc(CN(C)CC(=O)NC3CC3)[nH]c(=O)c12. The van der Waals surface area contributed by atoms with E-state index in [4.69, 9.17) is 0 Å². The highest BCUT2D eigenvalue weighted by Gasteiger charge is 2.23. The van der Waals surface area contributed by atoms with E-state index in [2.05, 4.69) is 36.1 Å². The minimum Gasteiger partial charge on any atom is -0.352 e. The van der Waals surface area contributed by atoms with Gasteiger partial charge in [0.2, 0.25) is 5.91 Å². The summed E-state index contributed by atoms with van der Waals surface area (Å²) in [5, 5.41) is 3.72. The average Bonchev–Trinajstić information content (AvgIpc) is 3.30. The molecule has 142 valence electrons. The summed E-state index contributed by atoms with van der Waals surface area (Å²) >= 11 is 1.59. The highest BCUT2D eigenvalue weighted by Crippen LogP contribution is 2.29. The zero-order chi connectivity index (χ0) is 18.8. The Bertz CT molecular complexity index is 853. The number of aryl methyl sites for hydroxylation is 1. The summed E-state index contributed by atoms with van der Waals surface area (Å²) in [4.78, 5) is 36.0. The summed E-state index contributed by atoms with van der Waals surface area (Å²) in [7, 11) is 1.87. The van der Waals surface area contributed by atoms with E-state index in [1.807, 2.05) is 11.9 Å². The monoisotopic (exact) mass is 376 g/mol. The molecule has 2 aromatic heterocycles. The van der Waals surface area contributed by atoms with Crippen molar-refractivity contribution in [3.8, 4) is 0 Å². The van der Waals surface area contributed by atoms with Crippen LogP contribution < -0.4 is 10.9 Å². The van der Waals surface area contributed by atoms with Crippen molar-refractivity contribution in [2.24, 2.45) is 5.92 Å². The average molecular weight is 377 g/mol. The Morgan fingerprint density at radius 3 is 2.85 bits per heavy atom. The van der Waals surface area contributed by atoms with E-state index in [-0.39, 0.29) is 11.5 Å². The minimum absolute atomic E-state index is 0.0289. The number of aromatic amines is 1. The second-order valence-electron chi connectivity index (χ2n) is 7.56. The van der Waals surface area contributed by atoms with Crippen LogP contribution in [0.2, 0.25) is 0 Å². The number of rotatable bonds is 8. The van der Waals surface area contributed by atoms with Gasteiger partial charge in [-0.15, -0.1) is 11.3 Å². The Hall–Kier alpha value is -1.73.